The molecule has 0 saturated carbocycles. The highest BCUT2D eigenvalue weighted by Gasteiger charge is 2.21. The van der Waals surface area contributed by atoms with Crippen LogP contribution in [0.5, 0.6) is 0 Å². The Balaban J connectivity index is 0.947. The number of furan rings is 1. The molecule has 0 amide bonds. The summed E-state index contributed by atoms with van der Waals surface area (Å²) < 4.78 is 6.44. The van der Waals surface area contributed by atoms with Crippen LogP contribution in [0.2, 0.25) is 0 Å². The van der Waals surface area contributed by atoms with Crippen molar-refractivity contribution >= 4 is 66.8 Å². The number of anilines is 6. The highest BCUT2D eigenvalue weighted by molar-refractivity contribution is 6.08. The van der Waals surface area contributed by atoms with Gasteiger partial charge in [-0.1, -0.05) is 164 Å². The summed E-state index contributed by atoms with van der Waals surface area (Å²) in [5, 5.41) is 4.64. The van der Waals surface area contributed by atoms with E-state index in [9.17, 15) is 0 Å². The van der Waals surface area contributed by atoms with Crippen LogP contribution in [0.3, 0.4) is 0 Å². The van der Waals surface area contributed by atoms with Crippen molar-refractivity contribution in [3.63, 3.8) is 0 Å². The summed E-state index contributed by atoms with van der Waals surface area (Å²) in [6, 6.07) is 86.4. The molecular formula is C58H40N2O. The lowest BCUT2D eigenvalue weighted by Gasteiger charge is -2.29. The first-order valence-electron chi connectivity index (χ1n) is 20.7. The van der Waals surface area contributed by atoms with Gasteiger partial charge in [-0.3, -0.25) is 0 Å². The molecule has 0 saturated heterocycles. The van der Waals surface area contributed by atoms with E-state index in [0.717, 1.165) is 67.2 Å². The maximum atomic E-state index is 6.44. The molecule has 61 heavy (non-hydrogen) atoms. The van der Waals surface area contributed by atoms with E-state index in [2.05, 4.69) is 240 Å². The summed E-state index contributed by atoms with van der Waals surface area (Å²) in [5.74, 6) is 0. The first kappa shape index (κ1) is 36.0. The Morgan fingerprint density at radius 2 is 0.705 bits per heavy atom. The van der Waals surface area contributed by atoms with Crippen molar-refractivity contribution in [1.82, 2.24) is 0 Å². The molecule has 0 aliphatic heterocycles. The molecule has 11 rings (SSSR count). The van der Waals surface area contributed by atoms with E-state index in [1.807, 2.05) is 12.1 Å². The van der Waals surface area contributed by atoms with Crippen molar-refractivity contribution in [1.29, 1.82) is 0 Å². The normalized spacial score (nSPS) is 11.3. The van der Waals surface area contributed by atoms with Crippen LogP contribution in [0.25, 0.3) is 66.1 Å². The summed E-state index contributed by atoms with van der Waals surface area (Å²) in [6.07, 6.45) is 0. The van der Waals surface area contributed by atoms with Crippen molar-refractivity contribution < 1.29 is 4.42 Å². The lowest BCUT2D eigenvalue weighted by Crippen LogP contribution is -2.11. The minimum atomic E-state index is 0.863. The maximum Gasteiger partial charge on any atom is 0.137 e. The molecule has 0 aliphatic rings. The lowest BCUT2D eigenvalue weighted by molar-refractivity contribution is 0.669. The van der Waals surface area contributed by atoms with E-state index in [1.54, 1.807) is 0 Å². The molecule has 0 aliphatic carbocycles. The number of hydrogen-bond donors (Lipinski definition) is 0. The van der Waals surface area contributed by atoms with E-state index in [0.29, 0.717) is 0 Å². The van der Waals surface area contributed by atoms with Crippen molar-refractivity contribution in [2.45, 2.75) is 0 Å². The van der Waals surface area contributed by atoms with E-state index in [1.165, 1.54) is 33.0 Å². The Kier molecular flexibility index (Phi) is 9.18. The first-order chi connectivity index (χ1) is 30.2. The van der Waals surface area contributed by atoms with Crippen molar-refractivity contribution in [3.8, 4) is 33.4 Å². The van der Waals surface area contributed by atoms with E-state index >= 15 is 0 Å². The Morgan fingerprint density at radius 3 is 1.31 bits per heavy atom. The number of nitrogens with zero attached hydrogens (tertiary/aromatic N) is 2. The molecule has 0 spiro atoms. The molecule has 0 atom stereocenters. The molecule has 1 heterocycles. The Bertz CT molecular complexity index is 3230. The third-order valence-electron chi connectivity index (χ3n) is 11.7. The van der Waals surface area contributed by atoms with Gasteiger partial charge in [0.15, 0.2) is 0 Å². The van der Waals surface area contributed by atoms with Crippen LogP contribution in [-0.4, -0.2) is 0 Å². The van der Waals surface area contributed by atoms with Crippen LogP contribution in [0.4, 0.5) is 34.1 Å². The smallest absolute Gasteiger partial charge is 0.137 e. The molecule has 1 aromatic heterocycles. The van der Waals surface area contributed by atoms with Gasteiger partial charge in [0.25, 0.3) is 0 Å². The van der Waals surface area contributed by atoms with Gasteiger partial charge in [-0.05, 0) is 111 Å². The predicted molar refractivity (Wildman–Crippen MR) is 257 cm³/mol. The van der Waals surface area contributed by atoms with Crippen LogP contribution in [0, 0.1) is 0 Å². The van der Waals surface area contributed by atoms with Crippen molar-refractivity contribution in [3.05, 3.63) is 243 Å². The molecule has 0 bridgehead atoms. The molecule has 11 aromatic rings. The fraction of sp³-hybridized carbons (Fsp3) is 0. The van der Waals surface area contributed by atoms with Gasteiger partial charge in [0.05, 0.1) is 5.69 Å². The second kappa shape index (κ2) is 15.6. The highest BCUT2D eigenvalue weighted by atomic mass is 16.3. The molecule has 0 radical (unpaired) electrons. The minimum absolute atomic E-state index is 0.863. The number of benzene rings is 10. The average molecular weight is 781 g/mol. The fourth-order valence-corrected chi connectivity index (χ4v) is 8.70. The Morgan fingerprint density at radius 1 is 0.262 bits per heavy atom. The van der Waals surface area contributed by atoms with Crippen LogP contribution in [-0.2, 0) is 0 Å². The third-order valence-corrected chi connectivity index (χ3v) is 11.7. The minimum Gasteiger partial charge on any atom is -0.456 e. The summed E-state index contributed by atoms with van der Waals surface area (Å²) >= 11 is 0. The molecule has 0 fully saturated rings. The zero-order chi connectivity index (χ0) is 40.5. The molecule has 3 heteroatoms. The third kappa shape index (κ3) is 6.78. The second-order valence-corrected chi connectivity index (χ2v) is 15.3. The lowest BCUT2D eigenvalue weighted by atomic mass is 9.95. The predicted octanol–water partition coefficient (Wildman–Crippen LogP) is 16.7. The van der Waals surface area contributed by atoms with Gasteiger partial charge < -0.3 is 14.2 Å². The van der Waals surface area contributed by atoms with Crippen LogP contribution >= 0.6 is 0 Å². The number of rotatable bonds is 9. The topological polar surface area (TPSA) is 19.6 Å². The van der Waals surface area contributed by atoms with Gasteiger partial charge in [-0.15, -0.1) is 0 Å². The molecular weight excluding hydrogens is 741 g/mol. The monoisotopic (exact) mass is 780 g/mol. The molecule has 0 N–H and O–H groups in total. The highest BCUT2D eigenvalue weighted by Crippen LogP contribution is 2.46. The summed E-state index contributed by atoms with van der Waals surface area (Å²) in [4.78, 5) is 4.66. The van der Waals surface area contributed by atoms with Gasteiger partial charge in [0.1, 0.15) is 11.2 Å². The van der Waals surface area contributed by atoms with E-state index in [-0.39, 0.29) is 0 Å². The van der Waals surface area contributed by atoms with Crippen molar-refractivity contribution in [2.24, 2.45) is 0 Å². The number of hydrogen-bond acceptors (Lipinski definition) is 3. The molecule has 10 aromatic carbocycles. The fourth-order valence-electron chi connectivity index (χ4n) is 8.70. The van der Waals surface area contributed by atoms with Gasteiger partial charge in [0, 0.05) is 50.8 Å². The van der Waals surface area contributed by atoms with Gasteiger partial charge in [-0.25, -0.2) is 0 Å². The van der Waals surface area contributed by atoms with Crippen LogP contribution < -0.4 is 9.80 Å². The standard InChI is InChI=1S/C58H40N2O/c1-4-15-46(16-5-1)58-52-21-11-10-14-45(52)32-39-55(58)60(51-37-38-54-53-22-12-13-23-56(53)61-57(54)40-51)50-35-30-44(31-36-50)42-26-24-41(25-27-42)43-28-33-49(34-29-43)59(47-17-6-2-7-18-47)48-19-8-3-9-20-48/h1-40H. The summed E-state index contributed by atoms with van der Waals surface area (Å²) in [6.45, 7) is 0. The second-order valence-electron chi connectivity index (χ2n) is 15.3. The summed E-state index contributed by atoms with van der Waals surface area (Å²) in [7, 11) is 0. The summed E-state index contributed by atoms with van der Waals surface area (Å²) in [5.41, 5.74) is 15.3. The van der Waals surface area contributed by atoms with Crippen LogP contribution in [0.1, 0.15) is 0 Å². The Labute approximate surface area is 355 Å². The largest absolute Gasteiger partial charge is 0.456 e. The number of fused-ring (bicyclic) bond motifs is 4. The van der Waals surface area contributed by atoms with Gasteiger partial charge >= 0.3 is 0 Å². The zero-order valence-corrected chi connectivity index (χ0v) is 33.4. The zero-order valence-electron chi connectivity index (χ0n) is 33.4. The molecule has 3 nitrogen and oxygen atoms in total. The number of para-hydroxylation sites is 3. The van der Waals surface area contributed by atoms with Gasteiger partial charge in [0.2, 0.25) is 0 Å². The Hall–Kier alpha value is -8.14. The SMILES string of the molecule is c1ccc(-c2c(N(c3ccc(-c4ccc(-c5ccc(N(c6ccccc6)c6ccccc6)cc5)cc4)cc3)c3ccc4c(c3)oc3ccccc34)ccc3ccccc23)cc1. The van der Waals surface area contributed by atoms with Gasteiger partial charge in [-0.2, -0.15) is 0 Å². The first-order valence-corrected chi connectivity index (χ1v) is 20.7. The van der Waals surface area contributed by atoms with Crippen LogP contribution in [0.15, 0.2) is 247 Å². The van der Waals surface area contributed by atoms with E-state index < -0.39 is 0 Å². The van der Waals surface area contributed by atoms with Crippen molar-refractivity contribution in [2.75, 3.05) is 9.80 Å². The molecule has 0 unspecified atom stereocenters. The average Bonchev–Trinajstić information content (AvgIpc) is 3.71. The quantitative estimate of drug-likeness (QED) is 0.145. The molecule has 288 valence electrons. The van der Waals surface area contributed by atoms with E-state index in [4.69, 9.17) is 4.42 Å². The maximum absolute atomic E-state index is 6.44.